The van der Waals surface area contributed by atoms with Crippen molar-refractivity contribution in [2.45, 2.75) is 13.3 Å². The number of rotatable bonds is 4. The Bertz CT molecular complexity index is 1020. The van der Waals surface area contributed by atoms with E-state index in [-0.39, 0.29) is 0 Å². The van der Waals surface area contributed by atoms with Crippen molar-refractivity contribution < 1.29 is 9.53 Å². The van der Waals surface area contributed by atoms with E-state index < -0.39 is 5.97 Å². The standard InChI is InChI=1S/C20H16BrN3O2/c1-3-17-16(5-4-8-23-17)13-6-7-14(11-22)18(9-13)24-12-15(21)10-19(24)20(25)26-2/h4-10,12H,3H2,1-2H3. The van der Waals surface area contributed by atoms with Crippen molar-refractivity contribution in [1.29, 1.82) is 5.26 Å². The first kappa shape index (κ1) is 17.9. The molecule has 5 nitrogen and oxygen atoms in total. The highest BCUT2D eigenvalue weighted by atomic mass is 79.9. The summed E-state index contributed by atoms with van der Waals surface area (Å²) in [5.74, 6) is -0.472. The number of esters is 1. The number of carbonyl (C=O) groups excluding carboxylic acids is 1. The molecule has 0 bridgehead atoms. The van der Waals surface area contributed by atoms with Crippen molar-refractivity contribution in [3.63, 3.8) is 0 Å². The number of hydrogen-bond acceptors (Lipinski definition) is 4. The Morgan fingerprint density at radius 1 is 1.35 bits per heavy atom. The summed E-state index contributed by atoms with van der Waals surface area (Å²) in [6.07, 6.45) is 4.31. The molecular weight excluding hydrogens is 394 g/mol. The fourth-order valence-corrected chi connectivity index (χ4v) is 3.29. The molecule has 0 radical (unpaired) electrons. The Balaban J connectivity index is 2.23. The molecule has 0 atom stereocenters. The monoisotopic (exact) mass is 409 g/mol. The van der Waals surface area contributed by atoms with Crippen LogP contribution in [0.15, 0.2) is 53.3 Å². The molecule has 26 heavy (non-hydrogen) atoms. The van der Waals surface area contributed by atoms with Gasteiger partial charge in [-0.15, -0.1) is 0 Å². The zero-order valence-corrected chi connectivity index (χ0v) is 15.9. The van der Waals surface area contributed by atoms with Crippen LogP contribution in [-0.2, 0) is 11.2 Å². The van der Waals surface area contributed by atoms with Crippen molar-refractivity contribution in [3.05, 3.63) is 70.2 Å². The molecule has 0 N–H and O–H groups in total. The lowest BCUT2D eigenvalue weighted by Crippen LogP contribution is -2.09. The highest BCUT2D eigenvalue weighted by molar-refractivity contribution is 9.10. The first-order chi connectivity index (χ1) is 12.6. The zero-order chi connectivity index (χ0) is 18.7. The average Bonchev–Trinajstić information content (AvgIpc) is 3.08. The van der Waals surface area contributed by atoms with Crippen LogP contribution in [0.25, 0.3) is 16.8 Å². The van der Waals surface area contributed by atoms with Gasteiger partial charge in [0, 0.05) is 28.1 Å². The van der Waals surface area contributed by atoms with Crippen LogP contribution in [0.3, 0.4) is 0 Å². The Morgan fingerprint density at radius 2 is 2.15 bits per heavy atom. The summed E-state index contributed by atoms with van der Waals surface area (Å²) in [5.41, 5.74) is 4.34. The molecule has 0 unspecified atom stereocenters. The van der Waals surface area contributed by atoms with Crippen LogP contribution in [0.5, 0.6) is 0 Å². The van der Waals surface area contributed by atoms with Gasteiger partial charge in [0.1, 0.15) is 11.8 Å². The van der Waals surface area contributed by atoms with Gasteiger partial charge in [-0.25, -0.2) is 4.79 Å². The number of nitrogens with zero attached hydrogens (tertiary/aromatic N) is 3. The van der Waals surface area contributed by atoms with Gasteiger partial charge >= 0.3 is 5.97 Å². The fourth-order valence-electron chi connectivity index (χ4n) is 2.87. The quantitative estimate of drug-likeness (QED) is 0.593. The number of aromatic nitrogens is 2. The smallest absolute Gasteiger partial charge is 0.355 e. The molecule has 0 aliphatic rings. The first-order valence-corrected chi connectivity index (χ1v) is 8.83. The van der Waals surface area contributed by atoms with Gasteiger partial charge in [-0.1, -0.05) is 19.1 Å². The van der Waals surface area contributed by atoms with E-state index in [0.29, 0.717) is 16.9 Å². The Labute approximate surface area is 160 Å². The second kappa shape index (κ2) is 7.54. The van der Waals surface area contributed by atoms with Crippen molar-refractivity contribution >= 4 is 21.9 Å². The minimum absolute atomic E-state index is 0.343. The number of ether oxygens (including phenoxy) is 1. The van der Waals surface area contributed by atoms with Crippen LogP contribution in [0.1, 0.15) is 28.7 Å². The van der Waals surface area contributed by atoms with Gasteiger partial charge in [-0.05, 0) is 52.2 Å². The fraction of sp³-hybridized carbons (Fsp3) is 0.150. The lowest BCUT2D eigenvalue weighted by Gasteiger charge is -2.13. The molecule has 0 spiro atoms. The molecule has 1 aromatic carbocycles. The number of nitriles is 1. The van der Waals surface area contributed by atoms with E-state index in [1.807, 2.05) is 24.3 Å². The van der Waals surface area contributed by atoms with Crippen molar-refractivity contribution in [2.24, 2.45) is 0 Å². The maximum Gasteiger partial charge on any atom is 0.355 e. The van der Waals surface area contributed by atoms with E-state index in [1.165, 1.54) is 7.11 Å². The third-order valence-electron chi connectivity index (χ3n) is 4.09. The van der Waals surface area contributed by atoms with E-state index in [4.69, 9.17) is 4.74 Å². The van der Waals surface area contributed by atoms with E-state index in [0.717, 1.165) is 27.7 Å². The van der Waals surface area contributed by atoms with Gasteiger partial charge in [0.05, 0.1) is 18.4 Å². The number of halogens is 1. The summed E-state index contributed by atoms with van der Waals surface area (Å²) in [5, 5.41) is 9.53. The Kier molecular flexibility index (Phi) is 5.19. The zero-order valence-electron chi connectivity index (χ0n) is 14.4. The van der Waals surface area contributed by atoms with E-state index in [1.54, 1.807) is 29.1 Å². The molecule has 0 aliphatic heterocycles. The van der Waals surface area contributed by atoms with Crippen LogP contribution in [0.2, 0.25) is 0 Å². The maximum absolute atomic E-state index is 12.1. The van der Waals surface area contributed by atoms with Crippen LogP contribution in [-0.4, -0.2) is 22.6 Å². The van der Waals surface area contributed by atoms with Gasteiger partial charge < -0.3 is 9.30 Å². The summed E-state index contributed by atoms with van der Waals surface area (Å²) in [6.45, 7) is 2.05. The molecule has 2 heterocycles. The van der Waals surface area contributed by atoms with Crippen LogP contribution < -0.4 is 0 Å². The summed E-state index contributed by atoms with van der Waals surface area (Å²) < 4.78 is 7.25. The second-order valence-corrected chi connectivity index (χ2v) is 6.52. The summed E-state index contributed by atoms with van der Waals surface area (Å²) in [7, 11) is 1.33. The largest absolute Gasteiger partial charge is 0.464 e. The van der Waals surface area contributed by atoms with Gasteiger partial charge in [-0.2, -0.15) is 5.26 Å². The lowest BCUT2D eigenvalue weighted by molar-refractivity contribution is 0.0591. The van der Waals surface area contributed by atoms with Gasteiger partial charge in [0.25, 0.3) is 0 Å². The minimum atomic E-state index is -0.472. The van der Waals surface area contributed by atoms with Crippen molar-refractivity contribution in [3.8, 4) is 22.9 Å². The third kappa shape index (κ3) is 3.26. The normalized spacial score (nSPS) is 10.4. The topological polar surface area (TPSA) is 67.9 Å². The van der Waals surface area contributed by atoms with Gasteiger partial charge in [-0.3, -0.25) is 4.98 Å². The van der Waals surface area contributed by atoms with E-state index in [2.05, 4.69) is 33.9 Å². The molecule has 3 rings (SSSR count). The predicted octanol–water partition coefficient (Wildman–Crippen LogP) is 4.52. The number of carbonyl (C=O) groups is 1. The van der Waals surface area contributed by atoms with Crippen LogP contribution >= 0.6 is 15.9 Å². The lowest BCUT2D eigenvalue weighted by atomic mass is 10.00. The highest BCUT2D eigenvalue weighted by Gasteiger charge is 2.18. The highest BCUT2D eigenvalue weighted by Crippen LogP contribution is 2.29. The molecule has 0 aliphatic carbocycles. The number of hydrogen-bond donors (Lipinski definition) is 0. The maximum atomic E-state index is 12.1. The Hall–Kier alpha value is -2.91. The predicted molar refractivity (Wildman–Crippen MR) is 102 cm³/mol. The summed E-state index contributed by atoms with van der Waals surface area (Å²) >= 11 is 3.39. The SMILES string of the molecule is CCc1ncccc1-c1ccc(C#N)c(-n2cc(Br)cc2C(=O)OC)c1. The molecule has 0 fully saturated rings. The molecule has 0 saturated carbocycles. The summed E-state index contributed by atoms with van der Waals surface area (Å²) in [4.78, 5) is 16.5. The number of benzene rings is 1. The molecule has 130 valence electrons. The van der Waals surface area contributed by atoms with E-state index in [9.17, 15) is 10.1 Å². The summed E-state index contributed by atoms with van der Waals surface area (Å²) in [6, 6.07) is 13.3. The minimum Gasteiger partial charge on any atom is -0.464 e. The molecule has 2 aromatic heterocycles. The van der Waals surface area contributed by atoms with E-state index >= 15 is 0 Å². The number of aryl methyl sites for hydroxylation is 1. The van der Waals surface area contributed by atoms with Crippen LogP contribution in [0, 0.1) is 11.3 Å². The van der Waals surface area contributed by atoms with Gasteiger partial charge in [0.2, 0.25) is 0 Å². The number of pyridine rings is 1. The number of methoxy groups -OCH3 is 1. The van der Waals surface area contributed by atoms with Crippen molar-refractivity contribution in [1.82, 2.24) is 9.55 Å². The molecular formula is C20H16BrN3O2. The van der Waals surface area contributed by atoms with Crippen LogP contribution in [0.4, 0.5) is 0 Å². The molecule has 3 aromatic rings. The Morgan fingerprint density at radius 3 is 2.85 bits per heavy atom. The van der Waals surface area contributed by atoms with Crippen molar-refractivity contribution in [2.75, 3.05) is 7.11 Å². The average molecular weight is 410 g/mol. The third-order valence-corrected chi connectivity index (χ3v) is 4.53. The first-order valence-electron chi connectivity index (χ1n) is 8.04. The second-order valence-electron chi connectivity index (χ2n) is 5.60. The molecule has 0 amide bonds. The molecule has 6 heteroatoms. The molecule has 0 saturated heterocycles. The van der Waals surface area contributed by atoms with Gasteiger partial charge in [0.15, 0.2) is 0 Å².